The van der Waals surface area contributed by atoms with E-state index in [1.807, 2.05) is 12.1 Å². The highest BCUT2D eigenvalue weighted by Crippen LogP contribution is 2.29. The van der Waals surface area contributed by atoms with Crippen LogP contribution in [0.15, 0.2) is 47.4 Å². The Balaban J connectivity index is 1.60. The molecule has 20 heavy (non-hydrogen) atoms. The Morgan fingerprint density at radius 1 is 1.30 bits per heavy atom. The van der Waals surface area contributed by atoms with Crippen LogP contribution in [-0.2, 0) is 6.42 Å². The van der Waals surface area contributed by atoms with E-state index in [0.29, 0.717) is 6.54 Å². The van der Waals surface area contributed by atoms with Crippen LogP contribution in [0.1, 0.15) is 5.56 Å². The molecule has 2 aromatic rings. The maximum absolute atomic E-state index is 13.1. The standard InChI is InChI=1S/C16H16FNOS/c1-20-15-4-2-3-13(9-15)18-10-14-8-11-7-12(17)5-6-16(11)19-14/h2-7,9,14,18H,8,10H2,1H3. The van der Waals surface area contributed by atoms with Gasteiger partial charge in [0.25, 0.3) is 0 Å². The number of hydrogen-bond acceptors (Lipinski definition) is 3. The molecule has 0 bridgehead atoms. The second kappa shape index (κ2) is 5.75. The molecule has 1 heterocycles. The first-order chi connectivity index (χ1) is 9.74. The van der Waals surface area contributed by atoms with Crippen LogP contribution in [0.25, 0.3) is 0 Å². The lowest BCUT2D eigenvalue weighted by Crippen LogP contribution is -2.23. The minimum Gasteiger partial charge on any atom is -0.488 e. The lowest BCUT2D eigenvalue weighted by molar-refractivity contribution is 0.246. The molecule has 2 nitrogen and oxygen atoms in total. The molecule has 0 aromatic heterocycles. The number of benzene rings is 2. The summed E-state index contributed by atoms with van der Waals surface area (Å²) in [5.74, 6) is 0.602. The van der Waals surface area contributed by atoms with E-state index < -0.39 is 0 Å². The highest BCUT2D eigenvalue weighted by atomic mass is 32.2. The van der Waals surface area contributed by atoms with E-state index >= 15 is 0 Å². The van der Waals surface area contributed by atoms with Crippen LogP contribution in [0.2, 0.25) is 0 Å². The molecule has 3 rings (SSSR count). The molecule has 1 aliphatic rings. The smallest absolute Gasteiger partial charge is 0.123 e. The maximum atomic E-state index is 13.1. The monoisotopic (exact) mass is 289 g/mol. The van der Waals surface area contributed by atoms with E-state index in [2.05, 4.69) is 23.7 Å². The molecule has 104 valence electrons. The maximum Gasteiger partial charge on any atom is 0.123 e. The predicted molar refractivity (Wildman–Crippen MR) is 81.2 cm³/mol. The van der Waals surface area contributed by atoms with E-state index in [0.717, 1.165) is 23.4 Å². The molecule has 0 saturated heterocycles. The summed E-state index contributed by atoms with van der Waals surface area (Å²) in [6.07, 6.45) is 2.87. The number of rotatable bonds is 4. The minimum atomic E-state index is -0.200. The number of thioether (sulfide) groups is 1. The molecule has 0 amide bonds. The van der Waals surface area contributed by atoms with E-state index in [4.69, 9.17) is 4.74 Å². The Bertz CT molecular complexity index is 617. The number of halogens is 1. The Labute approximate surface area is 122 Å². The molecular formula is C16H16FNOS. The number of anilines is 1. The van der Waals surface area contributed by atoms with E-state index in [-0.39, 0.29) is 11.9 Å². The first kappa shape index (κ1) is 13.3. The van der Waals surface area contributed by atoms with Gasteiger partial charge in [0.1, 0.15) is 17.7 Å². The summed E-state index contributed by atoms with van der Waals surface area (Å²) < 4.78 is 19.0. The van der Waals surface area contributed by atoms with Gasteiger partial charge in [0.15, 0.2) is 0 Å². The Morgan fingerprint density at radius 2 is 2.20 bits per heavy atom. The van der Waals surface area contributed by atoms with E-state index in [1.165, 1.54) is 11.0 Å². The van der Waals surface area contributed by atoms with Gasteiger partial charge in [0.2, 0.25) is 0 Å². The van der Waals surface area contributed by atoms with Crippen molar-refractivity contribution in [3.05, 3.63) is 53.8 Å². The summed E-state index contributed by atoms with van der Waals surface area (Å²) in [4.78, 5) is 1.23. The largest absolute Gasteiger partial charge is 0.488 e. The van der Waals surface area contributed by atoms with Crippen molar-refractivity contribution in [3.63, 3.8) is 0 Å². The predicted octanol–water partition coefficient (Wildman–Crippen LogP) is 3.96. The number of nitrogens with one attached hydrogen (secondary N) is 1. The highest BCUT2D eigenvalue weighted by Gasteiger charge is 2.22. The van der Waals surface area contributed by atoms with Crippen LogP contribution in [0.4, 0.5) is 10.1 Å². The highest BCUT2D eigenvalue weighted by molar-refractivity contribution is 7.98. The second-order valence-electron chi connectivity index (χ2n) is 4.81. The summed E-state index contributed by atoms with van der Waals surface area (Å²) >= 11 is 1.72. The SMILES string of the molecule is CSc1cccc(NCC2Cc3cc(F)ccc3O2)c1. The molecule has 1 aliphatic heterocycles. The van der Waals surface area contributed by atoms with E-state index in [1.54, 1.807) is 23.9 Å². The minimum absolute atomic E-state index is 0.0599. The number of ether oxygens (including phenoxy) is 1. The summed E-state index contributed by atoms with van der Waals surface area (Å²) in [5, 5.41) is 3.38. The third-order valence-corrected chi connectivity index (χ3v) is 4.09. The first-order valence-electron chi connectivity index (χ1n) is 6.57. The van der Waals surface area contributed by atoms with Gasteiger partial charge < -0.3 is 10.1 Å². The van der Waals surface area contributed by atoms with Gasteiger partial charge in [-0.05, 0) is 42.7 Å². The van der Waals surface area contributed by atoms with Crippen LogP contribution in [0, 0.1) is 5.82 Å². The molecule has 0 spiro atoms. The lowest BCUT2D eigenvalue weighted by atomic mass is 10.1. The Morgan fingerprint density at radius 3 is 3.05 bits per heavy atom. The second-order valence-corrected chi connectivity index (χ2v) is 5.69. The normalized spacial score (nSPS) is 16.6. The van der Waals surface area contributed by atoms with Gasteiger partial charge in [-0.3, -0.25) is 0 Å². The molecule has 1 unspecified atom stereocenters. The third kappa shape index (κ3) is 2.90. The van der Waals surface area contributed by atoms with Gasteiger partial charge in [-0.1, -0.05) is 6.07 Å². The lowest BCUT2D eigenvalue weighted by Gasteiger charge is -2.13. The molecule has 0 aliphatic carbocycles. The molecule has 1 N–H and O–H groups in total. The fourth-order valence-electron chi connectivity index (χ4n) is 2.37. The fraction of sp³-hybridized carbons (Fsp3) is 0.250. The molecule has 4 heteroatoms. The van der Waals surface area contributed by atoms with Crippen molar-refractivity contribution < 1.29 is 9.13 Å². The van der Waals surface area contributed by atoms with Crippen molar-refractivity contribution in [1.82, 2.24) is 0 Å². The average molecular weight is 289 g/mol. The zero-order valence-corrected chi connectivity index (χ0v) is 12.0. The summed E-state index contributed by atoms with van der Waals surface area (Å²) in [6.45, 7) is 0.716. The quantitative estimate of drug-likeness (QED) is 0.861. The molecule has 0 fully saturated rings. The summed E-state index contributed by atoms with van der Waals surface area (Å²) in [6, 6.07) is 13.0. The fourth-order valence-corrected chi connectivity index (χ4v) is 2.83. The van der Waals surface area contributed by atoms with Crippen molar-refractivity contribution in [3.8, 4) is 5.75 Å². The van der Waals surface area contributed by atoms with E-state index in [9.17, 15) is 4.39 Å². The van der Waals surface area contributed by atoms with Crippen LogP contribution in [-0.4, -0.2) is 18.9 Å². The first-order valence-corrected chi connectivity index (χ1v) is 7.80. The summed E-state index contributed by atoms with van der Waals surface area (Å²) in [7, 11) is 0. The Kier molecular flexibility index (Phi) is 3.83. The third-order valence-electron chi connectivity index (χ3n) is 3.37. The number of fused-ring (bicyclic) bond motifs is 1. The van der Waals surface area contributed by atoms with Gasteiger partial charge in [0.05, 0.1) is 6.54 Å². The van der Waals surface area contributed by atoms with Crippen LogP contribution in [0.5, 0.6) is 5.75 Å². The molecular weight excluding hydrogens is 273 g/mol. The topological polar surface area (TPSA) is 21.3 Å². The van der Waals surface area contributed by atoms with Gasteiger partial charge in [-0.15, -0.1) is 11.8 Å². The number of hydrogen-bond donors (Lipinski definition) is 1. The van der Waals surface area contributed by atoms with Gasteiger partial charge in [-0.25, -0.2) is 4.39 Å². The van der Waals surface area contributed by atoms with Crippen molar-refractivity contribution in [2.45, 2.75) is 17.4 Å². The van der Waals surface area contributed by atoms with Crippen molar-refractivity contribution in [2.75, 3.05) is 18.1 Å². The average Bonchev–Trinajstić information content (AvgIpc) is 2.87. The van der Waals surface area contributed by atoms with Crippen LogP contribution < -0.4 is 10.1 Å². The van der Waals surface area contributed by atoms with Gasteiger partial charge in [0, 0.05) is 22.6 Å². The molecule has 0 saturated carbocycles. The zero-order valence-electron chi connectivity index (χ0n) is 11.2. The molecule has 2 aromatic carbocycles. The van der Waals surface area contributed by atoms with Crippen molar-refractivity contribution in [1.29, 1.82) is 0 Å². The molecule has 1 atom stereocenters. The van der Waals surface area contributed by atoms with Crippen LogP contribution >= 0.6 is 11.8 Å². The Hall–Kier alpha value is -1.68. The van der Waals surface area contributed by atoms with Crippen molar-refractivity contribution >= 4 is 17.4 Å². The van der Waals surface area contributed by atoms with Crippen LogP contribution in [0.3, 0.4) is 0 Å². The van der Waals surface area contributed by atoms with Gasteiger partial charge >= 0.3 is 0 Å². The summed E-state index contributed by atoms with van der Waals surface area (Å²) in [5.41, 5.74) is 2.04. The molecule has 0 radical (unpaired) electrons. The van der Waals surface area contributed by atoms with Gasteiger partial charge in [-0.2, -0.15) is 0 Å². The van der Waals surface area contributed by atoms with Crippen molar-refractivity contribution in [2.24, 2.45) is 0 Å². The zero-order chi connectivity index (χ0) is 13.9.